The summed E-state index contributed by atoms with van der Waals surface area (Å²) in [4.78, 5) is 14.3. The highest BCUT2D eigenvalue weighted by Crippen LogP contribution is 2.20. The fourth-order valence-corrected chi connectivity index (χ4v) is 4.49. The Morgan fingerprint density at radius 1 is 1.19 bits per heavy atom. The van der Waals surface area contributed by atoms with Gasteiger partial charge in [0.15, 0.2) is 0 Å². The van der Waals surface area contributed by atoms with Crippen LogP contribution in [0, 0.1) is 19.8 Å². The molecule has 1 saturated heterocycles. The van der Waals surface area contributed by atoms with E-state index in [2.05, 4.69) is 10.0 Å². The predicted octanol–water partition coefficient (Wildman–Crippen LogP) is 2.80. The minimum atomic E-state index is -3.50. The van der Waals surface area contributed by atoms with Crippen molar-refractivity contribution < 1.29 is 13.2 Å². The van der Waals surface area contributed by atoms with Crippen LogP contribution < -0.4 is 10.0 Å². The van der Waals surface area contributed by atoms with Gasteiger partial charge in [-0.25, -0.2) is 17.9 Å². The fraction of sp³-hybridized carbons (Fsp3) is 0.632. The van der Waals surface area contributed by atoms with Gasteiger partial charge in [0.05, 0.1) is 4.90 Å². The third kappa shape index (κ3) is 5.71. The molecule has 1 fully saturated rings. The Hall–Kier alpha value is -1.60. The highest BCUT2D eigenvalue weighted by Gasteiger charge is 2.26. The van der Waals surface area contributed by atoms with E-state index >= 15 is 0 Å². The summed E-state index contributed by atoms with van der Waals surface area (Å²) >= 11 is 0. The van der Waals surface area contributed by atoms with Crippen molar-refractivity contribution in [3.63, 3.8) is 0 Å². The van der Waals surface area contributed by atoms with Crippen LogP contribution in [-0.4, -0.2) is 44.5 Å². The van der Waals surface area contributed by atoms with E-state index in [1.54, 1.807) is 11.0 Å². The first kappa shape index (κ1) is 20.7. The number of benzene rings is 1. The molecule has 0 radical (unpaired) electrons. The average Bonchev–Trinajstić information content (AvgIpc) is 2.51. The van der Waals surface area contributed by atoms with Crippen LogP contribution >= 0.6 is 0 Å². The summed E-state index contributed by atoms with van der Waals surface area (Å²) in [6, 6.07) is 5.30. The van der Waals surface area contributed by atoms with E-state index in [-0.39, 0.29) is 17.5 Å². The lowest BCUT2D eigenvalue weighted by molar-refractivity contribution is 0.163. The van der Waals surface area contributed by atoms with Crippen molar-refractivity contribution in [2.24, 2.45) is 5.92 Å². The average molecular weight is 382 g/mol. The topological polar surface area (TPSA) is 78.5 Å². The van der Waals surface area contributed by atoms with Crippen molar-refractivity contribution in [3.05, 3.63) is 29.3 Å². The minimum Gasteiger partial charge on any atom is -0.333 e. The van der Waals surface area contributed by atoms with Crippen LogP contribution in [0.25, 0.3) is 0 Å². The smallest absolute Gasteiger partial charge is 0.317 e. The summed E-state index contributed by atoms with van der Waals surface area (Å²) in [5.41, 5.74) is 1.55. The van der Waals surface area contributed by atoms with Gasteiger partial charge < -0.3 is 10.2 Å². The maximum Gasteiger partial charge on any atom is 0.317 e. The first-order chi connectivity index (χ1) is 12.0. The molecular formula is C19H31N3O3S. The number of sulfonamides is 1. The second-order valence-electron chi connectivity index (χ2n) is 8.23. The number of rotatable bonds is 4. The molecule has 0 atom stereocenters. The second-order valence-corrected chi connectivity index (χ2v) is 9.97. The molecule has 1 heterocycles. The number of amides is 2. The quantitative estimate of drug-likeness (QED) is 0.842. The first-order valence-electron chi connectivity index (χ1n) is 9.12. The van der Waals surface area contributed by atoms with E-state index in [9.17, 15) is 13.2 Å². The summed E-state index contributed by atoms with van der Waals surface area (Å²) in [5, 5.41) is 2.97. The van der Waals surface area contributed by atoms with Gasteiger partial charge in [0.25, 0.3) is 0 Å². The third-order valence-electron chi connectivity index (χ3n) is 4.57. The Morgan fingerprint density at radius 2 is 1.81 bits per heavy atom. The van der Waals surface area contributed by atoms with E-state index in [1.807, 2.05) is 46.8 Å². The number of likely N-dealkylation sites (tertiary alicyclic amines) is 1. The van der Waals surface area contributed by atoms with E-state index in [4.69, 9.17) is 0 Å². The number of hydrogen-bond acceptors (Lipinski definition) is 3. The molecule has 2 rings (SSSR count). The monoisotopic (exact) mass is 381 g/mol. The molecule has 7 heteroatoms. The minimum absolute atomic E-state index is 0.0492. The normalized spacial score (nSPS) is 16.6. The largest absolute Gasteiger partial charge is 0.333 e. The molecule has 1 aliphatic heterocycles. The Bertz CT molecular complexity index is 746. The zero-order valence-electron chi connectivity index (χ0n) is 16.4. The molecule has 0 unspecified atom stereocenters. The number of carbonyl (C=O) groups is 1. The highest BCUT2D eigenvalue weighted by atomic mass is 32.2. The molecule has 0 bridgehead atoms. The van der Waals surface area contributed by atoms with Crippen molar-refractivity contribution in [1.29, 1.82) is 0 Å². The van der Waals surface area contributed by atoms with Gasteiger partial charge in [-0.2, -0.15) is 0 Å². The zero-order chi connectivity index (χ0) is 19.5. The van der Waals surface area contributed by atoms with Crippen LogP contribution in [0.3, 0.4) is 0 Å². The lowest BCUT2D eigenvalue weighted by Gasteiger charge is -2.34. The molecule has 1 aliphatic rings. The summed E-state index contributed by atoms with van der Waals surface area (Å²) < 4.78 is 27.8. The molecule has 146 valence electrons. The molecule has 26 heavy (non-hydrogen) atoms. The van der Waals surface area contributed by atoms with Crippen LogP contribution in [0.5, 0.6) is 0 Å². The van der Waals surface area contributed by atoms with Gasteiger partial charge in [-0.15, -0.1) is 0 Å². The number of nitrogens with zero attached hydrogens (tertiary/aromatic N) is 1. The number of hydrogen-bond donors (Lipinski definition) is 2. The van der Waals surface area contributed by atoms with E-state index in [0.717, 1.165) is 24.0 Å². The molecule has 0 saturated carbocycles. The Balaban J connectivity index is 1.87. The second kappa shape index (κ2) is 7.96. The van der Waals surface area contributed by atoms with Gasteiger partial charge in [0.1, 0.15) is 0 Å². The zero-order valence-corrected chi connectivity index (χ0v) is 17.2. The van der Waals surface area contributed by atoms with Gasteiger partial charge in [0, 0.05) is 25.2 Å². The Labute approximate surface area is 157 Å². The number of urea groups is 1. The van der Waals surface area contributed by atoms with E-state index in [0.29, 0.717) is 24.5 Å². The molecule has 2 amide bonds. The molecule has 1 aromatic carbocycles. The predicted molar refractivity (Wildman–Crippen MR) is 104 cm³/mol. The van der Waals surface area contributed by atoms with Crippen molar-refractivity contribution in [2.45, 2.75) is 57.9 Å². The lowest BCUT2D eigenvalue weighted by atomic mass is 9.97. The molecule has 1 aromatic rings. The summed E-state index contributed by atoms with van der Waals surface area (Å²) in [5.74, 6) is 0.245. The van der Waals surface area contributed by atoms with Gasteiger partial charge in [0.2, 0.25) is 10.0 Å². The summed E-state index contributed by atoms with van der Waals surface area (Å²) in [7, 11) is -3.50. The maximum atomic E-state index is 12.6. The molecule has 6 nitrogen and oxygen atoms in total. The van der Waals surface area contributed by atoms with Crippen LogP contribution in [0.15, 0.2) is 23.1 Å². The highest BCUT2D eigenvalue weighted by molar-refractivity contribution is 7.89. The fourth-order valence-electron chi connectivity index (χ4n) is 3.15. The summed E-state index contributed by atoms with van der Waals surface area (Å²) in [6.07, 6.45) is 1.60. The van der Waals surface area contributed by atoms with Crippen molar-refractivity contribution >= 4 is 16.1 Å². The SMILES string of the molecule is Cc1ccc(S(=O)(=O)NCC2CCN(C(=O)NC(C)(C)C)CC2)c(C)c1. The van der Waals surface area contributed by atoms with Gasteiger partial charge >= 0.3 is 6.03 Å². The van der Waals surface area contributed by atoms with E-state index < -0.39 is 10.0 Å². The van der Waals surface area contributed by atoms with E-state index in [1.165, 1.54) is 0 Å². The van der Waals surface area contributed by atoms with Gasteiger partial charge in [-0.05, 0) is 65.0 Å². The molecule has 0 aliphatic carbocycles. The molecular weight excluding hydrogens is 350 g/mol. The maximum absolute atomic E-state index is 12.6. The van der Waals surface area contributed by atoms with Gasteiger partial charge in [-0.3, -0.25) is 0 Å². The van der Waals surface area contributed by atoms with Crippen LogP contribution in [0.1, 0.15) is 44.7 Å². The van der Waals surface area contributed by atoms with Crippen LogP contribution in [0.4, 0.5) is 4.79 Å². The van der Waals surface area contributed by atoms with Crippen LogP contribution in [0.2, 0.25) is 0 Å². The first-order valence-corrected chi connectivity index (χ1v) is 10.6. The number of nitrogens with one attached hydrogen (secondary N) is 2. The Kier molecular flexibility index (Phi) is 6.34. The Morgan fingerprint density at radius 3 is 2.35 bits per heavy atom. The number of piperidine rings is 1. The lowest BCUT2D eigenvalue weighted by Crippen LogP contribution is -2.51. The molecule has 0 spiro atoms. The summed E-state index contributed by atoms with van der Waals surface area (Å²) in [6.45, 7) is 11.3. The van der Waals surface area contributed by atoms with Crippen molar-refractivity contribution in [1.82, 2.24) is 14.9 Å². The van der Waals surface area contributed by atoms with Crippen LogP contribution in [-0.2, 0) is 10.0 Å². The molecule has 2 N–H and O–H groups in total. The molecule has 0 aromatic heterocycles. The standard InChI is InChI=1S/C19H31N3O3S/c1-14-6-7-17(15(2)12-14)26(24,25)20-13-16-8-10-22(11-9-16)18(23)21-19(3,4)5/h6-7,12,16,20H,8-11,13H2,1-5H3,(H,21,23). The number of aryl methyl sites for hydroxylation is 2. The number of carbonyl (C=O) groups excluding carboxylic acids is 1. The van der Waals surface area contributed by atoms with Crippen molar-refractivity contribution in [3.8, 4) is 0 Å². The van der Waals surface area contributed by atoms with Crippen molar-refractivity contribution in [2.75, 3.05) is 19.6 Å². The van der Waals surface area contributed by atoms with Gasteiger partial charge in [-0.1, -0.05) is 17.7 Å². The third-order valence-corrected chi connectivity index (χ3v) is 6.15.